The Balaban J connectivity index is 1.64. The van der Waals surface area contributed by atoms with Gasteiger partial charge in [-0.1, -0.05) is 26.7 Å². The summed E-state index contributed by atoms with van der Waals surface area (Å²) in [7, 11) is 1.68. The smallest absolute Gasteiger partial charge is 0.231 e. The highest BCUT2D eigenvalue weighted by Gasteiger charge is 2.32. The van der Waals surface area contributed by atoms with Gasteiger partial charge in [-0.05, 0) is 31.6 Å². The fraction of sp³-hybridized carbons (Fsp3) is 0.667. The first-order valence-corrected chi connectivity index (χ1v) is 11.2. The zero-order chi connectivity index (χ0) is 19.7. The van der Waals surface area contributed by atoms with Gasteiger partial charge in [0, 0.05) is 35.7 Å². The van der Waals surface area contributed by atoms with Crippen LogP contribution in [0.5, 0.6) is 0 Å². The summed E-state index contributed by atoms with van der Waals surface area (Å²) in [6, 6.07) is 0. The molecular weight excluding hydrogens is 372 g/mol. The molecule has 6 nitrogen and oxygen atoms in total. The summed E-state index contributed by atoms with van der Waals surface area (Å²) in [6.45, 7) is 6.46. The van der Waals surface area contributed by atoms with Crippen LogP contribution in [-0.4, -0.2) is 40.9 Å². The molecule has 0 atom stereocenters. The lowest BCUT2D eigenvalue weighted by Gasteiger charge is -2.22. The molecule has 1 amide bonds. The lowest BCUT2D eigenvalue weighted by atomic mass is 10.0. The second-order valence-corrected chi connectivity index (χ2v) is 9.38. The van der Waals surface area contributed by atoms with Gasteiger partial charge in [-0.3, -0.25) is 14.4 Å². The van der Waals surface area contributed by atoms with Crippen molar-refractivity contribution in [1.82, 2.24) is 14.8 Å². The number of aryl methyl sites for hydroxylation is 1. The maximum absolute atomic E-state index is 13.2. The van der Waals surface area contributed by atoms with E-state index in [9.17, 15) is 4.79 Å². The number of hydrogen-bond donors (Lipinski definition) is 0. The van der Waals surface area contributed by atoms with Gasteiger partial charge in [-0.2, -0.15) is 5.10 Å². The zero-order valence-corrected chi connectivity index (χ0v) is 17.9. The van der Waals surface area contributed by atoms with Crippen LogP contribution in [0.3, 0.4) is 0 Å². The van der Waals surface area contributed by atoms with Crippen LogP contribution in [0.1, 0.15) is 50.1 Å². The summed E-state index contributed by atoms with van der Waals surface area (Å²) in [5, 5.41) is 5.44. The molecule has 2 heterocycles. The van der Waals surface area contributed by atoms with Gasteiger partial charge in [-0.25, -0.2) is 4.98 Å². The van der Waals surface area contributed by atoms with E-state index in [1.165, 1.54) is 10.6 Å². The van der Waals surface area contributed by atoms with Gasteiger partial charge in [0.1, 0.15) is 0 Å². The lowest BCUT2D eigenvalue weighted by molar-refractivity contribution is -0.122. The average Bonchev–Trinajstić information content (AvgIpc) is 3.40. The standard InChI is InChI=1S/C21H30N4O2S/c1-14(2)13-25-17-8-9-18-19(16(17)12-22-25)23-21(28-18)24(10-11-27-3)20(26)15-6-4-5-7-15/h12,14-15H,4-11,13H2,1-3H3. The Labute approximate surface area is 170 Å². The van der Waals surface area contributed by atoms with Crippen LogP contribution < -0.4 is 4.90 Å². The van der Waals surface area contributed by atoms with Crippen LogP contribution in [0.15, 0.2) is 6.20 Å². The van der Waals surface area contributed by atoms with Crippen LogP contribution in [0, 0.1) is 11.8 Å². The topological polar surface area (TPSA) is 60.2 Å². The van der Waals surface area contributed by atoms with Crippen LogP contribution in [-0.2, 0) is 28.9 Å². The molecule has 2 aromatic heterocycles. The molecule has 0 radical (unpaired) electrons. The molecule has 1 fully saturated rings. The van der Waals surface area contributed by atoms with Crippen LogP contribution in [0.25, 0.3) is 11.3 Å². The predicted octanol–water partition coefficient (Wildman–Crippen LogP) is 3.93. The Bertz CT molecular complexity index is 836. The Morgan fingerprint density at radius 3 is 2.86 bits per heavy atom. The van der Waals surface area contributed by atoms with E-state index in [0.29, 0.717) is 19.1 Å². The fourth-order valence-corrected chi connectivity index (χ4v) is 5.42. The molecule has 1 saturated carbocycles. The third-order valence-electron chi connectivity index (χ3n) is 5.74. The van der Waals surface area contributed by atoms with Gasteiger partial charge < -0.3 is 4.74 Å². The summed E-state index contributed by atoms with van der Waals surface area (Å²) in [4.78, 5) is 21.2. The monoisotopic (exact) mass is 402 g/mol. The second kappa shape index (κ2) is 8.33. The molecule has 0 aliphatic heterocycles. The number of fused-ring (bicyclic) bond motifs is 3. The molecule has 0 saturated heterocycles. The molecule has 0 bridgehead atoms. The lowest BCUT2D eigenvalue weighted by Crippen LogP contribution is -2.37. The third-order valence-corrected chi connectivity index (χ3v) is 6.88. The van der Waals surface area contributed by atoms with Crippen molar-refractivity contribution in [2.45, 2.75) is 58.9 Å². The van der Waals surface area contributed by atoms with E-state index in [-0.39, 0.29) is 11.8 Å². The summed E-state index contributed by atoms with van der Waals surface area (Å²) in [6.07, 6.45) is 8.23. The number of methoxy groups -OCH3 is 1. The zero-order valence-electron chi connectivity index (χ0n) is 17.1. The predicted molar refractivity (Wildman–Crippen MR) is 112 cm³/mol. The molecule has 2 aliphatic rings. The van der Waals surface area contributed by atoms with Crippen molar-refractivity contribution in [3.8, 4) is 11.3 Å². The van der Waals surface area contributed by atoms with E-state index >= 15 is 0 Å². The number of nitrogens with zero attached hydrogens (tertiary/aromatic N) is 4. The third kappa shape index (κ3) is 3.74. The maximum Gasteiger partial charge on any atom is 0.231 e. The Morgan fingerprint density at radius 1 is 1.36 bits per heavy atom. The van der Waals surface area contributed by atoms with Crippen LogP contribution in [0.2, 0.25) is 0 Å². The molecular formula is C21H30N4O2S. The van der Waals surface area contributed by atoms with Crippen molar-refractivity contribution in [3.63, 3.8) is 0 Å². The molecule has 0 unspecified atom stereocenters. The highest BCUT2D eigenvalue weighted by Crippen LogP contribution is 2.40. The van der Waals surface area contributed by atoms with Crippen LogP contribution in [0.4, 0.5) is 5.13 Å². The van der Waals surface area contributed by atoms with E-state index in [4.69, 9.17) is 9.72 Å². The number of thiazole rings is 1. The van der Waals surface area contributed by atoms with Gasteiger partial charge in [0.2, 0.25) is 5.91 Å². The van der Waals surface area contributed by atoms with E-state index in [2.05, 4.69) is 23.6 Å². The number of anilines is 1. The molecule has 2 aliphatic carbocycles. The molecule has 2 aromatic rings. The quantitative estimate of drug-likeness (QED) is 0.704. The minimum Gasteiger partial charge on any atom is -0.383 e. The van der Waals surface area contributed by atoms with Gasteiger partial charge in [0.05, 0.1) is 25.0 Å². The number of amides is 1. The minimum absolute atomic E-state index is 0.141. The number of ether oxygens (including phenoxy) is 1. The first-order chi connectivity index (χ1) is 13.6. The van der Waals surface area contributed by atoms with E-state index in [0.717, 1.165) is 61.5 Å². The summed E-state index contributed by atoms with van der Waals surface area (Å²) >= 11 is 1.67. The molecule has 4 rings (SSSR count). The SMILES string of the molecule is COCCN(C(=O)C1CCCC1)c1nc2c(s1)CCc1c-2cnn1CC(C)C. The number of hydrogen-bond acceptors (Lipinski definition) is 5. The van der Waals surface area contributed by atoms with Crippen molar-refractivity contribution < 1.29 is 9.53 Å². The highest BCUT2D eigenvalue weighted by molar-refractivity contribution is 7.16. The maximum atomic E-state index is 13.2. The summed E-state index contributed by atoms with van der Waals surface area (Å²) in [5.41, 5.74) is 3.45. The van der Waals surface area contributed by atoms with Crippen molar-refractivity contribution in [1.29, 1.82) is 0 Å². The molecule has 0 spiro atoms. The highest BCUT2D eigenvalue weighted by atomic mass is 32.1. The Morgan fingerprint density at radius 2 is 2.14 bits per heavy atom. The first kappa shape index (κ1) is 19.6. The number of carbonyl (C=O) groups excluding carboxylic acids is 1. The Hall–Kier alpha value is -1.73. The van der Waals surface area contributed by atoms with E-state index in [1.54, 1.807) is 18.4 Å². The summed E-state index contributed by atoms with van der Waals surface area (Å²) in [5.74, 6) is 0.920. The van der Waals surface area contributed by atoms with Crippen molar-refractivity contribution >= 4 is 22.4 Å². The van der Waals surface area contributed by atoms with Gasteiger partial charge in [0.15, 0.2) is 5.13 Å². The summed E-state index contributed by atoms with van der Waals surface area (Å²) < 4.78 is 7.41. The number of carbonyl (C=O) groups is 1. The number of rotatable bonds is 7. The first-order valence-electron chi connectivity index (χ1n) is 10.4. The average molecular weight is 403 g/mol. The van der Waals surface area contributed by atoms with Gasteiger partial charge in [0.25, 0.3) is 0 Å². The largest absolute Gasteiger partial charge is 0.383 e. The van der Waals surface area contributed by atoms with E-state index < -0.39 is 0 Å². The molecule has 28 heavy (non-hydrogen) atoms. The molecule has 0 N–H and O–H groups in total. The van der Waals surface area contributed by atoms with Gasteiger partial charge >= 0.3 is 0 Å². The molecule has 152 valence electrons. The van der Waals surface area contributed by atoms with Crippen molar-refractivity contribution in [3.05, 3.63) is 16.8 Å². The molecule has 7 heteroatoms. The van der Waals surface area contributed by atoms with Crippen molar-refractivity contribution in [2.24, 2.45) is 11.8 Å². The van der Waals surface area contributed by atoms with Crippen LogP contribution >= 0.6 is 11.3 Å². The van der Waals surface area contributed by atoms with E-state index in [1.807, 2.05) is 11.1 Å². The normalized spacial score (nSPS) is 16.4. The fourth-order valence-electron chi connectivity index (χ4n) is 4.32. The number of aromatic nitrogens is 3. The second-order valence-electron chi connectivity index (χ2n) is 8.31. The minimum atomic E-state index is 0.141. The van der Waals surface area contributed by atoms with Crippen molar-refractivity contribution in [2.75, 3.05) is 25.2 Å². The molecule has 0 aromatic carbocycles. The Kier molecular flexibility index (Phi) is 5.83. The van der Waals surface area contributed by atoms with Gasteiger partial charge in [-0.15, -0.1) is 11.3 Å².